The Hall–Kier alpha value is -0.460. The molecule has 1 aliphatic carbocycles. The summed E-state index contributed by atoms with van der Waals surface area (Å²) in [4.78, 5) is 15.8. The lowest BCUT2D eigenvalue weighted by Crippen LogP contribution is -2.39. The molecule has 0 spiro atoms. The van der Waals surface area contributed by atoms with Crippen LogP contribution in [0.1, 0.15) is 31.2 Å². The topological polar surface area (TPSA) is 59.4 Å². The fourth-order valence-electron chi connectivity index (χ4n) is 2.62. The second-order valence-electron chi connectivity index (χ2n) is 4.85. The number of esters is 1. The molecule has 2 rings (SSSR count). The normalized spacial score (nSPS) is 32.2. The molecule has 1 aromatic rings. The summed E-state index contributed by atoms with van der Waals surface area (Å²) in [7, 11) is 1.41. The van der Waals surface area contributed by atoms with Crippen molar-refractivity contribution in [3.8, 4) is 0 Å². The first-order valence-corrected chi connectivity index (χ1v) is 7.49. The number of nitrogens with zero attached hydrogens (tertiary/aromatic N) is 1. The molecule has 0 amide bonds. The minimum Gasteiger partial charge on any atom is -0.469 e. The molecule has 0 bridgehead atoms. The Labute approximate surface area is 119 Å². The highest BCUT2D eigenvalue weighted by atomic mass is 79.9. The van der Waals surface area contributed by atoms with Crippen LogP contribution in [-0.2, 0) is 15.1 Å². The Bertz CT molecular complexity index is 450. The van der Waals surface area contributed by atoms with E-state index in [9.17, 15) is 9.90 Å². The Morgan fingerprint density at radius 1 is 1.72 bits per heavy atom. The number of aliphatic hydroxyl groups is 1. The van der Waals surface area contributed by atoms with Crippen LogP contribution in [-0.4, -0.2) is 23.2 Å². The summed E-state index contributed by atoms with van der Waals surface area (Å²) >= 11 is 4.81. The number of hydrogen-bond acceptors (Lipinski definition) is 5. The van der Waals surface area contributed by atoms with Gasteiger partial charge in [-0.25, -0.2) is 4.98 Å². The van der Waals surface area contributed by atoms with Gasteiger partial charge >= 0.3 is 5.97 Å². The molecular weight excluding hydrogens is 318 g/mol. The van der Waals surface area contributed by atoms with E-state index in [1.54, 1.807) is 6.20 Å². The summed E-state index contributed by atoms with van der Waals surface area (Å²) in [6.45, 7) is 1.98. The third-order valence-electron chi connectivity index (χ3n) is 3.59. The predicted octanol–water partition coefficient (Wildman–Crippen LogP) is 2.70. The van der Waals surface area contributed by atoms with Crippen LogP contribution in [0.3, 0.4) is 0 Å². The Kier molecular flexibility index (Phi) is 4.08. The van der Waals surface area contributed by atoms with Crippen LogP contribution in [0.4, 0.5) is 0 Å². The largest absolute Gasteiger partial charge is 0.469 e. The number of carbonyl (C=O) groups excluding carboxylic acids is 1. The van der Waals surface area contributed by atoms with Crippen molar-refractivity contribution in [2.75, 3.05) is 7.11 Å². The summed E-state index contributed by atoms with van der Waals surface area (Å²) in [5, 5.41) is 11.4. The number of rotatable bonds is 2. The minimum absolute atomic E-state index is 0.0962. The minimum atomic E-state index is -0.902. The molecule has 6 heteroatoms. The van der Waals surface area contributed by atoms with Crippen molar-refractivity contribution >= 4 is 33.2 Å². The van der Waals surface area contributed by atoms with E-state index >= 15 is 0 Å². The van der Waals surface area contributed by atoms with Crippen LogP contribution in [0.15, 0.2) is 9.98 Å². The lowest BCUT2D eigenvalue weighted by atomic mass is 9.72. The van der Waals surface area contributed by atoms with Crippen molar-refractivity contribution in [2.45, 2.75) is 31.8 Å². The average molecular weight is 334 g/mol. The second kappa shape index (κ2) is 5.27. The van der Waals surface area contributed by atoms with Gasteiger partial charge in [0.2, 0.25) is 0 Å². The monoisotopic (exact) mass is 333 g/mol. The molecule has 1 heterocycles. The molecule has 0 aromatic carbocycles. The summed E-state index contributed by atoms with van der Waals surface area (Å²) in [6, 6.07) is 0. The molecule has 1 aromatic heterocycles. The van der Waals surface area contributed by atoms with Crippen LogP contribution >= 0.6 is 27.3 Å². The van der Waals surface area contributed by atoms with Gasteiger partial charge in [-0.05, 0) is 41.1 Å². The molecule has 0 unspecified atom stereocenters. The Morgan fingerprint density at radius 3 is 2.94 bits per heavy atom. The van der Waals surface area contributed by atoms with Crippen LogP contribution in [0.5, 0.6) is 0 Å². The molecular formula is C12H16BrNO3S. The van der Waals surface area contributed by atoms with Gasteiger partial charge in [0, 0.05) is 0 Å². The van der Waals surface area contributed by atoms with Gasteiger partial charge in [0.25, 0.3) is 0 Å². The maximum atomic E-state index is 11.6. The summed E-state index contributed by atoms with van der Waals surface area (Å²) in [6.07, 6.45) is 3.44. The Morgan fingerprint density at radius 2 is 2.44 bits per heavy atom. The number of hydrogen-bond donors (Lipinski definition) is 1. The quantitative estimate of drug-likeness (QED) is 0.845. The third-order valence-corrected chi connectivity index (χ3v) is 5.26. The molecule has 100 valence electrons. The zero-order chi connectivity index (χ0) is 13.3. The molecule has 1 saturated carbocycles. The van der Waals surface area contributed by atoms with E-state index in [1.807, 2.05) is 6.92 Å². The van der Waals surface area contributed by atoms with Crippen molar-refractivity contribution in [3.05, 3.63) is 15.0 Å². The van der Waals surface area contributed by atoms with Crippen molar-refractivity contribution < 1.29 is 14.6 Å². The first-order valence-electron chi connectivity index (χ1n) is 5.88. The molecule has 4 nitrogen and oxygen atoms in total. The van der Waals surface area contributed by atoms with Gasteiger partial charge in [0.1, 0.15) is 10.6 Å². The number of aromatic nitrogens is 1. The Balaban J connectivity index is 2.14. The number of thiazole rings is 1. The number of carbonyl (C=O) groups is 1. The molecule has 0 radical (unpaired) electrons. The van der Waals surface area contributed by atoms with E-state index in [-0.39, 0.29) is 17.8 Å². The van der Waals surface area contributed by atoms with E-state index in [4.69, 9.17) is 4.74 Å². The van der Waals surface area contributed by atoms with Gasteiger partial charge in [-0.15, -0.1) is 11.3 Å². The molecule has 1 N–H and O–H groups in total. The molecule has 1 fully saturated rings. The van der Waals surface area contributed by atoms with Gasteiger partial charge in [-0.1, -0.05) is 6.92 Å². The molecule has 1 aliphatic rings. The predicted molar refractivity (Wildman–Crippen MR) is 72.2 cm³/mol. The zero-order valence-corrected chi connectivity index (χ0v) is 12.8. The number of ether oxygens (including phenoxy) is 1. The molecule has 3 atom stereocenters. The highest BCUT2D eigenvalue weighted by Crippen LogP contribution is 2.44. The highest BCUT2D eigenvalue weighted by molar-refractivity contribution is 9.11. The summed E-state index contributed by atoms with van der Waals surface area (Å²) in [5.41, 5.74) is -0.902. The van der Waals surface area contributed by atoms with Crippen LogP contribution in [0.25, 0.3) is 0 Å². The summed E-state index contributed by atoms with van der Waals surface area (Å²) < 4.78 is 5.71. The SMILES string of the molecule is COC(=O)[C@H]1CC[C@](O)(c2ncc(Br)s2)C[C@@H]1C. The van der Waals surface area contributed by atoms with Crippen molar-refractivity contribution in [2.24, 2.45) is 11.8 Å². The average Bonchev–Trinajstić information content (AvgIpc) is 2.76. The van der Waals surface area contributed by atoms with Crippen molar-refractivity contribution in [1.82, 2.24) is 4.98 Å². The molecule has 0 aliphatic heterocycles. The van der Waals surface area contributed by atoms with E-state index in [0.29, 0.717) is 19.3 Å². The maximum absolute atomic E-state index is 11.6. The van der Waals surface area contributed by atoms with Gasteiger partial charge in [0.15, 0.2) is 0 Å². The van der Waals surface area contributed by atoms with Crippen molar-refractivity contribution in [3.63, 3.8) is 0 Å². The first kappa shape index (κ1) is 14.0. The molecule has 0 saturated heterocycles. The molecule has 18 heavy (non-hydrogen) atoms. The lowest BCUT2D eigenvalue weighted by molar-refractivity contribution is -0.151. The smallest absolute Gasteiger partial charge is 0.308 e. The van der Waals surface area contributed by atoms with E-state index < -0.39 is 5.60 Å². The number of methoxy groups -OCH3 is 1. The van der Waals surface area contributed by atoms with Crippen molar-refractivity contribution in [1.29, 1.82) is 0 Å². The van der Waals surface area contributed by atoms with Gasteiger partial charge in [-0.3, -0.25) is 4.79 Å². The standard InChI is InChI=1S/C12H16BrNO3S/c1-7-5-12(16,11-14-6-9(13)18-11)4-3-8(7)10(15)17-2/h6-8,16H,3-5H2,1-2H3/t7-,8-,12+/m0/s1. The fourth-order valence-corrected chi connectivity index (χ4v) is 3.95. The van der Waals surface area contributed by atoms with E-state index in [2.05, 4.69) is 20.9 Å². The maximum Gasteiger partial charge on any atom is 0.308 e. The lowest BCUT2D eigenvalue weighted by Gasteiger charge is -2.37. The zero-order valence-electron chi connectivity index (χ0n) is 10.4. The van der Waals surface area contributed by atoms with E-state index in [1.165, 1.54) is 18.4 Å². The van der Waals surface area contributed by atoms with Crippen LogP contribution < -0.4 is 0 Å². The van der Waals surface area contributed by atoms with Gasteiger partial charge < -0.3 is 9.84 Å². The second-order valence-corrected chi connectivity index (χ2v) is 7.26. The fraction of sp³-hybridized carbons (Fsp3) is 0.667. The number of halogens is 1. The van der Waals surface area contributed by atoms with Gasteiger partial charge in [0.05, 0.1) is 23.0 Å². The highest BCUT2D eigenvalue weighted by Gasteiger charge is 2.43. The third kappa shape index (κ3) is 2.60. The first-order chi connectivity index (χ1) is 8.46. The summed E-state index contributed by atoms with van der Waals surface area (Å²) in [5.74, 6) is -0.192. The van der Waals surface area contributed by atoms with Crippen LogP contribution in [0, 0.1) is 11.8 Å². The van der Waals surface area contributed by atoms with Gasteiger partial charge in [-0.2, -0.15) is 0 Å². The van der Waals surface area contributed by atoms with Crippen LogP contribution in [0.2, 0.25) is 0 Å². The van der Waals surface area contributed by atoms with E-state index in [0.717, 1.165) is 8.79 Å².